The summed E-state index contributed by atoms with van der Waals surface area (Å²) in [5, 5.41) is 7.09. The normalized spacial score (nSPS) is 21.0. The number of hydrogen-bond acceptors (Lipinski definition) is 5. The first-order chi connectivity index (χ1) is 12.7. The first kappa shape index (κ1) is 16.0. The van der Waals surface area contributed by atoms with Gasteiger partial charge in [0.15, 0.2) is 0 Å². The number of fused-ring (bicyclic) bond motifs is 3. The second-order valence-corrected chi connectivity index (χ2v) is 8.69. The van der Waals surface area contributed by atoms with Crippen molar-refractivity contribution >= 4 is 33.0 Å². The molecule has 4 heterocycles. The van der Waals surface area contributed by atoms with Gasteiger partial charge in [-0.05, 0) is 49.4 Å². The summed E-state index contributed by atoms with van der Waals surface area (Å²) in [6.07, 6.45) is 4.24. The van der Waals surface area contributed by atoms with Crippen LogP contribution in [0.15, 0.2) is 64.4 Å². The summed E-state index contributed by atoms with van der Waals surface area (Å²) in [6.45, 7) is 2.13. The lowest BCUT2D eigenvalue weighted by atomic mass is 9.98. The van der Waals surface area contributed by atoms with E-state index in [2.05, 4.69) is 51.0 Å². The minimum atomic E-state index is -0.241. The van der Waals surface area contributed by atoms with Crippen molar-refractivity contribution in [3.05, 3.63) is 80.2 Å². The van der Waals surface area contributed by atoms with Crippen LogP contribution in [-0.4, -0.2) is 15.7 Å². The molecule has 0 amide bonds. The predicted octanol–water partition coefficient (Wildman–Crippen LogP) is 5.46. The summed E-state index contributed by atoms with van der Waals surface area (Å²) in [6, 6.07) is 14.7. The Morgan fingerprint density at radius 1 is 1.15 bits per heavy atom. The van der Waals surface area contributed by atoms with E-state index < -0.39 is 0 Å². The zero-order valence-corrected chi connectivity index (χ0v) is 16.5. The summed E-state index contributed by atoms with van der Waals surface area (Å²) in [5.74, 6) is 0.926. The van der Waals surface area contributed by atoms with Gasteiger partial charge in [0.2, 0.25) is 6.23 Å². The molecule has 26 heavy (non-hydrogen) atoms. The monoisotopic (exact) mass is 425 g/mol. The number of hydrazone groups is 1. The molecule has 0 bridgehead atoms. The second kappa shape index (κ2) is 6.21. The Balaban J connectivity index is 1.61. The van der Waals surface area contributed by atoms with Crippen molar-refractivity contribution in [2.24, 2.45) is 5.10 Å². The molecule has 3 aromatic rings. The highest BCUT2D eigenvalue weighted by Crippen LogP contribution is 2.48. The molecule has 0 N–H and O–H groups in total. The molecule has 2 aliphatic rings. The number of ether oxygens (including phenoxy) is 1. The average Bonchev–Trinajstić information content (AvgIpc) is 3.28. The smallest absolute Gasteiger partial charge is 0.213 e. The van der Waals surface area contributed by atoms with E-state index in [9.17, 15) is 0 Å². The predicted molar refractivity (Wildman–Crippen MR) is 107 cm³/mol. The first-order valence-corrected chi connectivity index (χ1v) is 10.1. The number of halogens is 1. The van der Waals surface area contributed by atoms with Crippen LogP contribution in [0.1, 0.15) is 39.6 Å². The van der Waals surface area contributed by atoms with E-state index in [1.54, 1.807) is 23.7 Å². The fraction of sp³-hybridized carbons (Fsp3) is 0.200. The fourth-order valence-corrected chi connectivity index (χ4v) is 4.78. The van der Waals surface area contributed by atoms with Crippen molar-refractivity contribution in [2.75, 3.05) is 0 Å². The van der Waals surface area contributed by atoms with E-state index in [0.29, 0.717) is 0 Å². The van der Waals surface area contributed by atoms with Gasteiger partial charge in [-0.3, -0.25) is 4.98 Å². The van der Waals surface area contributed by atoms with E-state index in [0.717, 1.165) is 27.9 Å². The molecule has 0 spiro atoms. The highest BCUT2D eigenvalue weighted by atomic mass is 79.9. The molecule has 2 aliphatic heterocycles. The Kier molecular flexibility index (Phi) is 3.83. The number of benzene rings is 1. The van der Waals surface area contributed by atoms with Crippen molar-refractivity contribution < 1.29 is 4.74 Å². The third-order valence-electron chi connectivity index (χ3n) is 4.77. The van der Waals surface area contributed by atoms with Gasteiger partial charge in [-0.15, -0.1) is 11.3 Å². The molecule has 1 aromatic carbocycles. The number of hydrogen-bond donors (Lipinski definition) is 0. The lowest BCUT2D eigenvalue weighted by molar-refractivity contribution is -0.0191. The molecular weight excluding hydrogens is 410 g/mol. The van der Waals surface area contributed by atoms with E-state index in [1.165, 1.54) is 15.3 Å². The number of aromatic nitrogens is 1. The van der Waals surface area contributed by atoms with Gasteiger partial charge >= 0.3 is 0 Å². The summed E-state index contributed by atoms with van der Waals surface area (Å²) >= 11 is 5.39. The van der Waals surface area contributed by atoms with Crippen LogP contribution in [0.5, 0.6) is 5.75 Å². The molecule has 0 saturated carbocycles. The molecule has 130 valence electrons. The van der Waals surface area contributed by atoms with Crippen molar-refractivity contribution in [3.63, 3.8) is 0 Å². The van der Waals surface area contributed by atoms with Crippen LogP contribution < -0.4 is 4.74 Å². The summed E-state index contributed by atoms with van der Waals surface area (Å²) in [7, 11) is 0. The van der Waals surface area contributed by atoms with E-state index in [4.69, 9.17) is 9.84 Å². The van der Waals surface area contributed by atoms with Gasteiger partial charge in [0, 0.05) is 39.3 Å². The molecular formula is C20H16BrN3OS. The molecule has 5 rings (SSSR count). The Hall–Kier alpha value is -2.18. The molecule has 0 aliphatic carbocycles. The van der Waals surface area contributed by atoms with Crippen molar-refractivity contribution in [1.29, 1.82) is 0 Å². The third-order valence-corrected chi connectivity index (χ3v) is 6.31. The molecule has 0 unspecified atom stereocenters. The van der Waals surface area contributed by atoms with Gasteiger partial charge in [0.1, 0.15) is 5.75 Å². The SMILES string of the molecule is Cc1ccc(C2=NN3[C@@H](c4ccncc4)Oc4ccc(Br)cc4[C@@H]3C2)s1. The van der Waals surface area contributed by atoms with Crippen molar-refractivity contribution in [1.82, 2.24) is 9.99 Å². The van der Waals surface area contributed by atoms with Gasteiger partial charge in [-0.1, -0.05) is 15.9 Å². The average molecular weight is 426 g/mol. The third kappa shape index (κ3) is 2.64. The van der Waals surface area contributed by atoms with E-state index in [-0.39, 0.29) is 12.3 Å². The number of aryl methyl sites for hydroxylation is 1. The largest absolute Gasteiger partial charge is 0.464 e. The number of thiophene rings is 1. The maximum absolute atomic E-state index is 6.35. The van der Waals surface area contributed by atoms with Crippen molar-refractivity contribution in [3.8, 4) is 5.75 Å². The Bertz CT molecular complexity index is 1000. The lowest BCUT2D eigenvalue weighted by Crippen LogP contribution is -2.33. The Labute approximate surface area is 164 Å². The van der Waals surface area contributed by atoms with Crippen LogP contribution >= 0.6 is 27.3 Å². The lowest BCUT2D eigenvalue weighted by Gasteiger charge is -2.38. The molecule has 6 heteroatoms. The molecule has 2 aromatic heterocycles. The Morgan fingerprint density at radius 3 is 2.77 bits per heavy atom. The summed E-state index contributed by atoms with van der Waals surface area (Å²) in [4.78, 5) is 6.67. The molecule has 4 nitrogen and oxygen atoms in total. The summed E-state index contributed by atoms with van der Waals surface area (Å²) < 4.78 is 7.41. The van der Waals surface area contributed by atoms with Gasteiger partial charge in [0.25, 0.3) is 0 Å². The minimum absolute atomic E-state index is 0.173. The standard InChI is InChI=1S/C20H16BrN3OS/c1-12-2-5-19(26-12)16-11-17-15-10-14(21)3-4-18(15)25-20(24(17)23-16)13-6-8-22-9-7-13/h2-10,17,20H,11H2,1H3/t17-,20+/m0/s1. The van der Waals surface area contributed by atoms with Crippen molar-refractivity contribution in [2.45, 2.75) is 25.6 Å². The first-order valence-electron chi connectivity index (χ1n) is 8.48. The van der Waals surface area contributed by atoms with Crippen LogP contribution in [0.4, 0.5) is 0 Å². The van der Waals surface area contributed by atoms with Gasteiger partial charge in [-0.2, -0.15) is 5.10 Å². The Morgan fingerprint density at radius 2 is 2.00 bits per heavy atom. The zero-order valence-electron chi connectivity index (χ0n) is 14.1. The van der Waals surface area contributed by atoms with E-state index in [1.807, 2.05) is 24.3 Å². The molecule has 0 fully saturated rings. The van der Waals surface area contributed by atoms with Crippen LogP contribution in [0.3, 0.4) is 0 Å². The van der Waals surface area contributed by atoms with Gasteiger partial charge in [-0.25, -0.2) is 5.01 Å². The van der Waals surface area contributed by atoms with Crippen LogP contribution in [0, 0.1) is 6.92 Å². The van der Waals surface area contributed by atoms with E-state index >= 15 is 0 Å². The summed E-state index contributed by atoms with van der Waals surface area (Å²) in [5.41, 5.74) is 3.37. The zero-order chi connectivity index (χ0) is 17.7. The highest BCUT2D eigenvalue weighted by molar-refractivity contribution is 9.10. The molecule has 0 radical (unpaired) electrons. The fourth-order valence-electron chi connectivity index (χ4n) is 3.54. The second-order valence-electron chi connectivity index (χ2n) is 6.49. The maximum atomic E-state index is 6.35. The van der Waals surface area contributed by atoms with Crippen LogP contribution in [0.25, 0.3) is 0 Å². The minimum Gasteiger partial charge on any atom is -0.464 e. The van der Waals surface area contributed by atoms with Gasteiger partial charge < -0.3 is 4.74 Å². The number of pyridine rings is 1. The van der Waals surface area contributed by atoms with Crippen LogP contribution in [0.2, 0.25) is 0 Å². The van der Waals surface area contributed by atoms with Crippen LogP contribution in [-0.2, 0) is 0 Å². The quantitative estimate of drug-likeness (QED) is 0.547. The molecule has 2 atom stereocenters. The number of nitrogens with zero attached hydrogens (tertiary/aromatic N) is 3. The maximum Gasteiger partial charge on any atom is 0.213 e. The number of rotatable bonds is 2. The molecule has 0 saturated heterocycles. The highest BCUT2D eigenvalue weighted by Gasteiger charge is 2.41. The van der Waals surface area contributed by atoms with Gasteiger partial charge in [0.05, 0.1) is 16.6 Å². The topological polar surface area (TPSA) is 37.7 Å².